The molecule has 0 unspecified atom stereocenters. The van der Waals surface area contributed by atoms with Gasteiger partial charge in [0.1, 0.15) is 0 Å². The SMILES string of the molecule is Cc1ccc(Cl)c(C(=O)N2CCC3(CC2)[C@H](O)C[C@@H]3OCCO)c1. The maximum Gasteiger partial charge on any atom is 0.255 e. The average Bonchev–Trinajstić information content (AvgIpc) is 2.60. The molecule has 1 spiro atoms. The van der Waals surface area contributed by atoms with Gasteiger partial charge < -0.3 is 19.8 Å². The van der Waals surface area contributed by atoms with Gasteiger partial charge in [0, 0.05) is 24.9 Å². The fourth-order valence-electron chi connectivity index (χ4n) is 3.91. The van der Waals surface area contributed by atoms with Gasteiger partial charge in [-0.1, -0.05) is 23.2 Å². The van der Waals surface area contributed by atoms with Crippen molar-refractivity contribution in [2.45, 2.75) is 38.4 Å². The number of hydrogen-bond acceptors (Lipinski definition) is 4. The summed E-state index contributed by atoms with van der Waals surface area (Å²) in [5.74, 6) is -0.0554. The highest BCUT2D eigenvalue weighted by Crippen LogP contribution is 2.51. The second-order valence-corrected chi connectivity index (χ2v) is 7.25. The molecule has 1 aliphatic heterocycles. The zero-order valence-corrected chi connectivity index (χ0v) is 14.6. The summed E-state index contributed by atoms with van der Waals surface area (Å²) in [6.07, 6.45) is 1.61. The van der Waals surface area contributed by atoms with Crippen LogP contribution in [0, 0.1) is 12.3 Å². The number of amides is 1. The molecule has 2 fully saturated rings. The number of aliphatic hydroxyl groups excluding tert-OH is 2. The number of carbonyl (C=O) groups excluding carboxylic acids is 1. The van der Waals surface area contributed by atoms with Gasteiger partial charge in [-0.3, -0.25) is 4.79 Å². The van der Waals surface area contributed by atoms with E-state index in [0.717, 1.165) is 5.56 Å². The van der Waals surface area contributed by atoms with E-state index in [9.17, 15) is 9.90 Å². The number of piperidine rings is 1. The van der Waals surface area contributed by atoms with Crippen molar-refractivity contribution in [2.75, 3.05) is 26.3 Å². The highest BCUT2D eigenvalue weighted by atomic mass is 35.5. The van der Waals surface area contributed by atoms with Crippen LogP contribution >= 0.6 is 11.6 Å². The van der Waals surface area contributed by atoms with Gasteiger partial charge in [-0.05, 0) is 31.9 Å². The highest BCUT2D eigenvalue weighted by molar-refractivity contribution is 6.33. The molecule has 1 aliphatic carbocycles. The zero-order chi connectivity index (χ0) is 17.3. The van der Waals surface area contributed by atoms with Gasteiger partial charge in [0.15, 0.2) is 0 Å². The second kappa shape index (κ2) is 7.00. The Hall–Kier alpha value is -1.14. The maximum absolute atomic E-state index is 12.7. The largest absolute Gasteiger partial charge is 0.394 e. The Kier molecular flexibility index (Phi) is 5.16. The summed E-state index contributed by atoms with van der Waals surface area (Å²) in [6.45, 7) is 3.38. The van der Waals surface area contributed by atoms with Crippen molar-refractivity contribution >= 4 is 17.5 Å². The van der Waals surface area contributed by atoms with E-state index in [1.807, 2.05) is 19.1 Å². The van der Waals surface area contributed by atoms with Crippen LogP contribution in [0.25, 0.3) is 0 Å². The molecule has 2 aliphatic rings. The van der Waals surface area contributed by atoms with Crippen molar-refractivity contribution < 1.29 is 19.7 Å². The maximum atomic E-state index is 12.7. The lowest BCUT2D eigenvalue weighted by Crippen LogP contribution is -2.62. The third-order valence-corrected chi connectivity index (χ3v) is 5.82. The van der Waals surface area contributed by atoms with E-state index in [4.69, 9.17) is 21.4 Å². The van der Waals surface area contributed by atoms with Gasteiger partial charge in [0.05, 0.1) is 36.0 Å². The lowest BCUT2D eigenvalue weighted by Gasteiger charge is -2.56. The Labute approximate surface area is 147 Å². The fraction of sp³-hybridized carbons (Fsp3) is 0.611. The first-order chi connectivity index (χ1) is 11.5. The number of carbonyl (C=O) groups is 1. The number of aryl methyl sites for hydroxylation is 1. The quantitative estimate of drug-likeness (QED) is 0.868. The van der Waals surface area contributed by atoms with Crippen LogP contribution in [0.1, 0.15) is 35.2 Å². The molecule has 1 aromatic carbocycles. The number of hydrogen-bond donors (Lipinski definition) is 2. The third-order valence-electron chi connectivity index (χ3n) is 5.49. The minimum absolute atomic E-state index is 0.0147. The summed E-state index contributed by atoms with van der Waals surface area (Å²) in [7, 11) is 0. The Morgan fingerprint density at radius 2 is 2.12 bits per heavy atom. The summed E-state index contributed by atoms with van der Waals surface area (Å²) in [6, 6.07) is 5.46. The number of nitrogens with zero attached hydrogens (tertiary/aromatic N) is 1. The van der Waals surface area contributed by atoms with Crippen molar-refractivity contribution in [1.82, 2.24) is 4.90 Å². The Bertz CT molecular complexity index is 613. The van der Waals surface area contributed by atoms with Crippen LogP contribution in [0.3, 0.4) is 0 Å². The summed E-state index contributed by atoms with van der Waals surface area (Å²) >= 11 is 6.18. The van der Waals surface area contributed by atoms with E-state index in [1.165, 1.54) is 0 Å². The van der Waals surface area contributed by atoms with Crippen LogP contribution in [0.5, 0.6) is 0 Å². The standard InChI is InChI=1S/C18H24ClNO4/c1-12-2-3-14(19)13(10-12)17(23)20-6-4-18(5-7-20)15(22)11-16(18)24-9-8-21/h2-3,10,15-16,21-22H,4-9,11H2,1H3/t15-,16+/m1/s1. The van der Waals surface area contributed by atoms with Crippen molar-refractivity contribution in [3.8, 4) is 0 Å². The minimum atomic E-state index is -0.388. The van der Waals surface area contributed by atoms with Crippen LogP contribution < -0.4 is 0 Å². The smallest absolute Gasteiger partial charge is 0.255 e. The molecule has 132 valence electrons. The number of aliphatic hydroxyl groups is 2. The van der Waals surface area contributed by atoms with Crippen LogP contribution in [0.2, 0.25) is 5.02 Å². The van der Waals surface area contributed by atoms with E-state index < -0.39 is 0 Å². The fourth-order valence-corrected chi connectivity index (χ4v) is 4.11. The van der Waals surface area contributed by atoms with Crippen LogP contribution in [0.4, 0.5) is 0 Å². The van der Waals surface area contributed by atoms with Gasteiger partial charge in [0.2, 0.25) is 0 Å². The van der Waals surface area contributed by atoms with Crippen LogP contribution in [-0.4, -0.2) is 59.5 Å². The Balaban J connectivity index is 1.66. The summed E-state index contributed by atoms with van der Waals surface area (Å²) in [5.41, 5.74) is 1.26. The summed E-state index contributed by atoms with van der Waals surface area (Å²) in [5, 5.41) is 19.6. The molecular weight excluding hydrogens is 330 g/mol. The van der Waals surface area contributed by atoms with E-state index >= 15 is 0 Å². The molecule has 2 N–H and O–H groups in total. The van der Waals surface area contributed by atoms with Gasteiger partial charge in [-0.15, -0.1) is 0 Å². The second-order valence-electron chi connectivity index (χ2n) is 6.84. The van der Waals surface area contributed by atoms with Gasteiger partial charge in [0.25, 0.3) is 5.91 Å². The monoisotopic (exact) mass is 353 g/mol. The topological polar surface area (TPSA) is 70.0 Å². The predicted molar refractivity (Wildman–Crippen MR) is 91.2 cm³/mol. The molecule has 3 rings (SSSR count). The number of rotatable bonds is 4. The van der Waals surface area contributed by atoms with Crippen molar-refractivity contribution in [2.24, 2.45) is 5.41 Å². The van der Waals surface area contributed by atoms with E-state index in [-0.39, 0.29) is 30.1 Å². The molecule has 6 heteroatoms. The first-order valence-corrected chi connectivity index (χ1v) is 8.81. The first-order valence-electron chi connectivity index (χ1n) is 8.44. The molecule has 1 heterocycles. The van der Waals surface area contributed by atoms with Crippen LogP contribution in [0.15, 0.2) is 18.2 Å². The molecule has 5 nitrogen and oxygen atoms in total. The van der Waals surface area contributed by atoms with E-state index in [1.54, 1.807) is 11.0 Å². The van der Waals surface area contributed by atoms with E-state index in [2.05, 4.69) is 0 Å². The number of benzene rings is 1. The number of ether oxygens (including phenoxy) is 1. The number of likely N-dealkylation sites (tertiary alicyclic amines) is 1. The minimum Gasteiger partial charge on any atom is -0.394 e. The van der Waals surface area contributed by atoms with Gasteiger partial charge in [-0.2, -0.15) is 0 Å². The van der Waals surface area contributed by atoms with Crippen molar-refractivity contribution in [3.05, 3.63) is 34.3 Å². The highest BCUT2D eigenvalue weighted by Gasteiger charge is 2.56. The van der Waals surface area contributed by atoms with Crippen molar-refractivity contribution in [1.29, 1.82) is 0 Å². The molecule has 1 aromatic rings. The summed E-state index contributed by atoms with van der Waals surface area (Å²) in [4.78, 5) is 14.5. The van der Waals surface area contributed by atoms with Gasteiger partial charge >= 0.3 is 0 Å². The molecule has 0 bridgehead atoms. The van der Waals surface area contributed by atoms with E-state index in [0.29, 0.717) is 49.5 Å². The lowest BCUT2D eigenvalue weighted by molar-refractivity contribution is -0.211. The molecule has 0 aromatic heterocycles. The Morgan fingerprint density at radius 3 is 2.75 bits per heavy atom. The lowest BCUT2D eigenvalue weighted by atomic mass is 9.58. The van der Waals surface area contributed by atoms with Crippen LogP contribution in [-0.2, 0) is 4.74 Å². The third kappa shape index (κ3) is 3.06. The van der Waals surface area contributed by atoms with Crippen molar-refractivity contribution in [3.63, 3.8) is 0 Å². The average molecular weight is 354 g/mol. The Morgan fingerprint density at radius 1 is 1.42 bits per heavy atom. The zero-order valence-electron chi connectivity index (χ0n) is 13.9. The molecule has 1 saturated heterocycles. The summed E-state index contributed by atoms with van der Waals surface area (Å²) < 4.78 is 5.67. The molecule has 2 atom stereocenters. The molecule has 0 radical (unpaired) electrons. The van der Waals surface area contributed by atoms with Gasteiger partial charge in [-0.25, -0.2) is 0 Å². The first kappa shape index (κ1) is 17.7. The molecular formula is C18H24ClNO4. The predicted octanol–water partition coefficient (Wildman–Crippen LogP) is 2.01. The molecule has 1 saturated carbocycles. The molecule has 24 heavy (non-hydrogen) atoms. The normalized spacial score (nSPS) is 25.6. The number of halogens is 1. The molecule has 1 amide bonds.